The number of benzene rings is 2. The standard InChI is InChI=1S/C23H22FNO5/c1-14(26)29-19(15-9-11-17(24)12-10-15)7-4-8-21(27)25-22-18-6-3-2-5-16(18)13-20(22)30-23(25)28/h2-3,5-6,9-12,19-20,22H,4,7-8,13H2,1H3/t19-,20-,22-/m0/s1. The highest BCUT2D eigenvalue weighted by atomic mass is 19.1. The molecule has 0 unspecified atom stereocenters. The molecule has 2 aromatic rings. The van der Waals surface area contributed by atoms with Crippen LogP contribution in [-0.4, -0.2) is 29.0 Å². The van der Waals surface area contributed by atoms with E-state index < -0.39 is 18.2 Å². The average molecular weight is 411 g/mol. The maximum atomic E-state index is 13.2. The minimum atomic E-state index is -0.612. The second kappa shape index (κ2) is 8.26. The molecule has 6 nitrogen and oxygen atoms in total. The van der Waals surface area contributed by atoms with Crippen molar-refractivity contribution in [2.75, 3.05) is 0 Å². The fraction of sp³-hybridized carbons (Fsp3) is 0.348. The number of rotatable bonds is 6. The van der Waals surface area contributed by atoms with Crippen LogP contribution in [0.25, 0.3) is 0 Å². The first-order chi connectivity index (χ1) is 14.4. The summed E-state index contributed by atoms with van der Waals surface area (Å²) in [4.78, 5) is 37.8. The van der Waals surface area contributed by atoms with Crippen molar-refractivity contribution in [2.24, 2.45) is 0 Å². The van der Waals surface area contributed by atoms with Gasteiger partial charge in [-0.3, -0.25) is 9.59 Å². The van der Waals surface area contributed by atoms with E-state index in [2.05, 4.69) is 0 Å². The summed E-state index contributed by atoms with van der Waals surface area (Å²) in [5.41, 5.74) is 2.69. The molecule has 0 N–H and O–H groups in total. The van der Waals surface area contributed by atoms with E-state index >= 15 is 0 Å². The van der Waals surface area contributed by atoms with Crippen molar-refractivity contribution < 1.29 is 28.2 Å². The van der Waals surface area contributed by atoms with Gasteiger partial charge in [-0.15, -0.1) is 0 Å². The van der Waals surface area contributed by atoms with Gasteiger partial charge in [-0.2, -0.15) is 0 Å². The molecule has 0 saturated carbocycles. The molecule has 1 aliphatic heterocycles. The molecule has 30 heavy (non-hydrogen) atoms. The molecule has 2 aliphatic rings. The summed E-state index contributed by atoms with van der Waals surface area (Å²) in [6.07, 6.45) is -0.0380. The fourth-order valence-electron chi connectivity index (χ4n) is 4.24. The average Bonchev–Trinajstić information content (AvgIpc) is 3.21. The van der Waals surface area contributed by atoms with Crippen molar-refractivity contribution in [1.82, 2.24) is 4.90 Å². The lowest BCUT2D eigenvalue weighted by atomic mass is 10.0. The first kappa shape index (κ1) is 20.1. The minimum absolute atomic E-state index is 0.111. The van der Waals surface area contributed by atoms with Crippen molar-refractivity contribution in [1.29, 1.82) is 0 Å². The summed E-state index contributed by atoms with van der Waals surface area (Å²) in [5.74, 6) is -1.15. The van der Waals surface area contributed by atoms with Gasteiger partial charge in [0.1, 0.15) is 24.1 Å². The monoisotopic (exact) mass is 411 g/mol. The van der Waals surface area contributed by atoms with Crippen LogP contribution in [0, 0.1) is 5.82 Å². The molecule has 0 bridgehead atoms. The lowest BCUT2D eigenvalue weighted by Crippen LogP contribution is -2.34. The van der Waals surface area contributed by atoms with Gasteiger partial charge in [-0.1, -0.05) is 36.4 Å². The topological polar surface area (TPSA) is 72.9 Å². The molecule has 4 rings (SSSR count). The van der Waals surface area contributed by atoms with Gasteiger partial charge in [0.05, 0.1) is 0 Å². The molecule has 1 fully saturated rings. The number of amides is 2. The third-order valence-corrected chi connectivity index (χ3v) is 5.55. The van der Waals surface area contributed by atoms with E-state index in [1.54, 1.807) is 12.1 Å². The Morgan fingerprint density at radius 1 is 1.20 bits per heavy atom. The zero-order chi connectivity index (χ0) is 21.3. The van der Waals surface area contributed by atoms with Crippen LogP contribution in [-0.2, 0) is 25.5 Å². The number of imide groups is 1. The second-order valence-electron chi connectivity index (χ2n) is 7.58. The van der Waals surface area contributed by atoms with Gasteiger partial charge in [0.2, 0.25) is 5.91 Å². The summed E-state index contributed by atoms with van der Waals surface area (Å²) >= 11 is 0. The van der Waals surface area contributed by atoms with Crippen LogP contribution in [0.3, 0.4) is 0 Å². The lowest BCUT2D eigenvalue weighted by molar-refractivity contribution is -0.147. The lowest BCUT2D eigenvalue weighted by Gasteiger charge is -2.21. The summed E-state index contributed by atoms with van der Waals surface area (Å²) in [7, 11) is 0. The van der Waals surface area contributed by atoms with E-state index in [1.165, 1.54) is 24.0 Å². The Hall–Kier alpha value is -3.22. The molecule has 7 heteroatoms. The quantitative estimate of drug-likeness (QED) is 0.665. The van der Waals surface area contributed by atoms with Gasteiger partial charge in [0, 0.05) is 19.8 Å². The number of esters is 1. The predicted molar refractivity (Wildman–Crippen MR) is 105 cm³/mol. The number of ether oxygens (including phenoxy) is 2. The zero-order valence-corrected chi connectivity index (χ0v) is 16.5. The van der Waals surface area contributed by atoms with E-state index in [-0.39, 0.29) is 30.3 Å². The predicted octanol–water partition coefficient (Wildman–Crippen LogP) is 4.25. The Kier molecular flexibility index (Phi) is 5.53. The SMILES string of the molecule is CC(=O)O[C@@H](CCCC(=O)N1C(=O)O[C@H]2Cc3ccccc3[C@@H]21)c1ccc(F)cc1. The van der Waals surface area contributed by atoms with Crippen LogP contribution in [0.4, 0.5) is 9.18 Å². The highest BCUT2D eigenvalue weighted by Crippen LogP contribution is 2.43. The molecule has 2 aromatic carbocycles. The molecule has 3 atom stereocenters. The van der Waals surface area contributed by atoms with Crippen LogP contribution in [0.2, 0.25) is 0 Å². The molecule has 156 valence electrons. The van der Waals surface area contributed by atoms with Gasteiger partial charge < -0.3 is 9.47 Å². The first-order valence-electron chi connectivity index (χ1n) is 9.97. The van der Waals surface area contributed by atoms with Gasteiger partial charge in [-0.25, -0.2) is 14.1 Å². The molecule has 2 amide bonds. The molecule has 1 heterocycles. The Balaban J connectivity index is 1.41. The van der Waals surface area contributed by atoms with Gasteiger partial charge in [0.25, 0.3) is 0 Å². The molecule has 1 aliphatic carbocycles. The van der Waals surface area contributed by atoms with Gasteiger partial charge in [0.15, 0.2) is 0 Å². The van der Waals surface area contributed by atoms with Crippen molar-refractivity contribution in [3.8, 4) is 0 Å². The number of nitrogens with zero attached hydrogens (tertiary/aromatic N) is 1. The Labute approximate surface area is 173 Å². The van der Waals surface area contributed by atoms with E-state index in [9.17, 15) is 18.8 Å². The largest absolute Gasteiger partial charge is 0.458 e. The summed E-state index contributed by atoms with van der Waals surface area (Å²) in [5, 5.41) is 0. The number of hydrogen-bond acceptors (Lipinski definition) is 5. The molecular formula is C23H22FNO5. The number of fused-ring (bicyclic) bond motifs is 3. The van der Waals surface area contributed by atoms with Crippen LogP contribution >= 0.6 is 0 Å². The number of hydrogen-bond donors (Lipinski definition) is 0. The van der Waals surface area contributed by atoms with E-state index in [0.717, 1.165) is 11.1 Å². The van der Waals surface area contributed by atoms with Crippen LogP contribution < -0.4 is 0 Å². The van der Waals surface area contributed by atoms with E-state index in [4.69, 9.17) is 9.47 Å². The van der Waals surface area contributed by atoms with Crippen LogP contribution in [0.15, 0.2) is 48.5 Å². The van der Waals surface area contributed by atoms with Crippen molar-refractivity contribution in [3.63, 3.8) is 0 Å². The van der Waals surface area contributed by atoms with Crippen LogP contribution in [0.1, 0.15) is 55.0 Å². The Morgan fingerprint density at radius 3 is 2.67 bits per heavy atom. The second-order valence-corrected chi connectivity index (χ2v) is 7.58. The molecular weight excluding hydrogens is 389 g/mol. The molecule has 0 radical (unpaired) electrons. The molecule has 1 saturated heterocycles. The summed E-state index contributed by atoms with van der Waals surface area (Å²) in [6.45, 7) is 1.31. The third kappa shape index (κ3) is 3.92. The van der Waals surface area contributed by atoms with Crippen molar-refractivity contribution in [3.05, 3.63) is 71.0 Å². The summed E-state index contributed by atoms with van der Waals surface area (Å²) in [6, 6.07) is 13.1. The van der Waals surface area contributed by atoms with Gasteiger partial charge in [-0.05, 0) is 41.7 Å². The van der Waals surface area contributed by atoms with Gasteiger partial charge >= 0.3 is 12.1 Å². The zero-order valence-electron chi connectivity index (χ0n) is 16.5. The first-order valence-corrected chi connectivity index (χ1v) is 9.97. The maximum Gasteiger partial charge on any atom is 0.417 e. The number of carbonyl (C=O) groups excluding carboxylic acids is 3. The highest BCUT2D eigenvalue weighted by molar-refractivity contribution is 5.94. The smallest absolute Gasteiger partial charge is 0.417 e. The summed E-state index contributed by atoms with van der Waals surface area (Å²) < 4.78 is 24.0. The van der Waals surface area contributed by atoms with Crippen LogP contribution in [0.5, 0.6) is 0 Å². The van der Waals surface area contributed by atoms with E-state index in [1.807, 2.05) is 24.3 Å². The van der Waals surface area contributed by atoms with E-state index in [0.29, 0.717) is 24.8 Å². The fourth-order valence-corrected chi connectivity index (χ4v) is 4.24. The molecule has 0 aromatic heterocycles. The third-order valence-electron chi connectivity index (χ3n) is 5.55. The number of halogens is 1. The van der Waals surface area contributed by atoms with Crippen molar-refractivity contribution in [2.45, 2.75) is 50.9 Å². The minimum Gasteiger partial charge on any atom is -0.458 e. The molecule has 0 spiro atoms. The number of carbonyl (C=O) groups is 3. The Bertz CT molecular complexity index is 974. The Morgan fingerprint density at radius 2 is 1.93 bits per heavy atom. The normalized spacial score (nSPS) is 20.3. The highest BCUT2D eigenvalue weighted by Gasteiger charge is 2.49. The maximum absolute atomic E-state index is 13.2. The van der Waals surface area contributed by atoms with Crippen molar-refractivity contribution >= 4 is 18.0 Å².